The van der Waals surface area contributed by atoms with Gasteiger partial charge in [-0.05, 0) is 19.3 Å². The molecular formula is C60H120O6. The molecular weight excluding hydrogens is 817 g/mol. The molecule has 0 fully saturated rings. The summed E-state index contributed by atoms with van der Waals surface area (Å²) in [7, 11) is 0. The molecule has 6 heteroatoms. The molecule has 6 nitrogen and oxygen atoms in total. The van der Waals surface area contributed by atoms with Crippen molar-refractivity contribution in [2.75, 3.05) is 6.61 Å². The van der Waals surface area contributed by atoms with Gasteiger partial charge in [-0.1, -0.05) is 329 Å². The summed E-state index contributed by atoms with van der Waals surface area (Å²) in [6.45, 7) is 6.06. The van der Waals surface area contributed by atoms with Crippen LogP contribution in [0.25, 0.3) is 0 Å². The molecule has 0 saturated heterocycles. The Balaban J connectivity index is 4.98. The Labute approximate surface area is 412 Å². The minimum Gasteiger partial charge on any atom is -0.394 e. The summed E-state index contributed by atoms with van der Waals surface area (Å²) < 4.78 is 0. The summed E-state index contributed by atoms with van der Waals surface area (Å²) >= 11 is 0. The fraction of sp³-hybridized carbons (Fsp3) is 0.983. The van der Waals surface area contributed by atoms with Gasteiger partial charge in [0.15, 0.2) is 11.4 Å². The highest BCUT2D eigenvalue weighted by Crippen LogP contribution is 2.34. The van der Waals surface area contributed by atoms with Gasteiger partial charge in [0.1, 0.15) is 17.8 Å². The highest BCUT2D eigenvalue weighted by atomic mass is 16.4. The number of carbonyl (C=O) groups excluding carboxylic acids is 1. The van der Waals surface area contributed by atoms with Gasteiger partial charge in [0, 0.05) is 0 Å². The lowest BCUT2D eigenvalue weighted by Gasteiger charge is -2.40. The van der Waals surface area contributed by atoms with E-state index < -0.39 is 35.8 Å². The topological polar surface area (TPSA) is 118 Å². The highest BCUT2D eigenvalue weighted by molar-refractivity contribution is 5.95. The molecule has 5 N–H and O–H groups in total. The molecule has 0 radical (unpaired) electrons. The molecule has 396 valence electrons. The van der Waals surface area contributed by atoms with Crippen LogP contribution in [0.1, 0.15) is 348 Å². The van der Waals surface area contributed by atoms with Crippen molar-refractivity contribution in [3.05, 3.63) is 0 Å². The van der Waals surface area contributed by atoms with Crippen LogP contribution in [-0.2, 0) is 4.79 Å². The Bertz CT molecular complexity index is 937. The van der Waals surface area contributed by atoms with E-state index in [1.165, 1.54) is 231 Å². The van der Waals surface area contributed by atoms with Crippen molar-refractivity contribution in [2.24, 2.45) is 0 Å². The van der Waals surface area contributed by atoms with Crippen LogP contribution in [0, 0.1) is 0 Å². The smallest absolute Gasteiger partial charge is 0.198 e. The van der Waals surface area contributed by atoms with Crippen molar-refractivity contribution in [3.63, 3.8) is 0 Å². The second-order valence-electron chi connectivity index (χ2n) is 21.6. The first-order chi connectivity index (χ1) is 32.2. The van der Waals surface area contributed by atoms with Crippen LogP contribution in [0.5, 0.6) is 0 Å². The minimum absolute atomic E-state index is 0.0251. The van der Waals surface area contributed by atoms with Gasteiger partial charge < -0.3 is 25.5 Å². The first-order valence-electron chi connectivity index (χ1n) is 30.2. The molecule has 0 aliphatic rings. The number of unbranched alkanes of at least 4 members (excludes halogenated alkanes) is 45. The average Bonchev–Trinajstić information content (AvgIpc) is 3.32. The lowest BCUT2D eigenvalue weighted by Crippen LogP contribution is -2.62. The van der Waals surface area contributed by atoms with Crippen LogP contribution >= 0.6 is 0 Å². The van der Waals surface area contributed by atoms with E-state index in [-0.39, 0.29) is 19.3 Å². The lowest BCUT2D eigenvalue weighted by atomic mass is 9.73. The standard InChI is InChI=1S/C60H120O6/c1-4-7-10-13-16-19-22-25-28-31-34-37-40-43-46-49-52-59(65,53-50-47-44-41-38-35-32-29-26-23-20-17-14-11-8-5-2)58(64)60(66,57(63)56(62)55-61)54-51-48-45-42-39-36-33-30-27-24-21-18-15-12-9-6-3/h56-57,61-63,65-66H,4-55H2,1-3H3/t56-,57+,60-/m1/s1. The third-order valence-corrected chi connectivity index (χ3v) is 15.2. The molecule has 0 saturated carbocycles. The summed E-state index contributed by atoms with van der Waals surface area (Å²) in [5.41, 5.74) is -4.08. The van der Waals surface area contributed by atoms with Crippen LogP contribution in [0.15, 0.2) is 0 Å². The summed E-state index contributed by atoms with van der Waals surface area (Å²) in [5, 5.41) is 55.8. The van der Waals surface area contributed by atoms with Gasteiger partial charge in [0.05, 0.1) is 6.61 Å². The Hall–Kier alpha value is -0.530. The zero-order valence-corrected chi connectivity index (χ0v) is 45.1. The molecule has 0 aliphatic heterocycles. The molecule has 3 atom stereocenters. The van der Waals surface area contributed by atoms with E-state index in [1.54, 1.807) is 0 Å². The largest absolute Gasteiger partial charge is 0.394 e. The zero-order chi connectivity index (χ0) is 48.5. The number of carbonyl (C=O) groups is 1. The van der Waals surface area contributed by atoms with Gasteiger partial charge in [-0.25, -0.2) is 0 Å². The van der Waals surface area contributed by atoms with Crippen molar-refractivity contribution in [3.8, 4) is 0 Å². The quantitative estimate of drug-likeness (QED) is 0.0388. The van der Waals surface area contributed by atoms with Gasteiger partial charge in [-0.15, -0.1) is 0 Å². The zero-order valence-electron chi connectivity index (χ0n) is 45.1. The third-order valence-electron chi connectivity index (χ3n) is 15.2. The fourth-order valence-electron chi connectivity index (χ4n) is 10.4. The van der Waals surface area contributed by atoms with Gasteiger partial charge in [-0.2, -0.15) is 0 Å². The van der Waals surface area contributed by atoms with E-state index in [0.717, 1.165) is 57.8 Å². The Morgan fingerprint density at radius 2 is 0.500 bits per heavy atom. The van der Waals surface area contributed by atoms with Crippen molar-refractivity contribution in [1.82, 2.24) is 0 Å². The maximum atomic E-state index is 14.5. The van der Waals surface area contributed by atoms with E-state index in [4.69, 9.17) is 0 Å². The SMILES string of the molecule is CCCCCCCCCCCCCCCCCCC(O)(CCCCCCCCCCCCCCCCCC)C(=O)[C@@](O)(CCCCCCCCCCCCCCCCCC)[C@@H](O)[C@H](O)CO. The van der Waals surface area contributed by atoms with Gasteiger partial charge >= 0.3 is 0 Å². The summed E-state index contributed by atoms with van der Waals surface area (Å²) in [4.78, 5) is 14.5. The van der Waals surface area contributed by atoms with E-state index >= 15 is 0 Å². The van der Waals surface area contributed by atoms with E-state index in [2.05, 4.69) is 20.8 Å². The molecule has 0 aromatic rings. The number of hydrogen-bond acceptors (Lipinski definition) is 6. The number of rotatable bonds is 56. The molecule has 0 bridgehead atoms. The Morgan fingerprint density at radius 3 is 0.697 bits per heavy atom. The predicted molar refractivity (Wildman–Crippen MR) is 286 cm³/mol. The monoisotopic (exact) mass is 937 g/mol. The molecule has 0 unspecified atom stereocenters. The van der Waals surface area contributed by atoms with Crippen LogP contribution in [0.4, 0.5) is 0 Å². The first-order valence-corrected chi connectivity index (χ1v) is 30.2. The van der Waals surface area contributed by atoms with Crippen molar-refractivity contribution in [1.29, 1.82) is 0 Å². The molecule has 0 aromatic heterocycles. The second kappa shape index (κ2) is 49.5. The number of aliphatic hydroxyl groups is 5. The summed E-state index contributed by atoms with van der Waals surface area (Å²) in [6, 6.07) is 0. The normalized spacial score (nSPS) is 13.9. The number of Topliss-reactive ketones (excluding diaryl/α,β-unsaturated/α-hetero) is 1. The minimum atomic E-state index is -2.31. The van der Waals surface area contributed by atoms with E-state index in [1.807, 2.05) is 0 Å². The Morgan fingerprint density at radius 1 is 0.318 bits per heavy atom. The number of aliphatic hydroxyl groups excluding tert-OH is 3. The molecule has 66 heavy (non-hydrogen) atoms. The maximum absolute atomic E-state index is 14.5. The average molecular weight is 938 g/mol. The van der Waals surface area contributed by atoms with Crippen molar-refractivity contribution < 1.29 is 30.3 Å². The third kappa shape index (κ3) is 38.3. The van der Waals surface area contributed by atoms with Crippen LogP contribution in [-0.4, -0.2) is 61.3 Å². The first kappa shape index (κ1) is 65.5. The maximum Gasteiger partial charge on any atom is 0.198 e. The molecule has 0 heterocycles. The van der Waals surface area contributed by atoms with E-state index in [0.29, 0.717) is 19.3 Å². The predicted octanol–water partition coefficient (Wildman–Crippen LogP) is 17.7. The molecule has 0 amide bonds. The van der Waals surface area contributed by atoms with Crippen molar-refractivity contribution >= 4 is 5.78 Å². The molecule has 0 aromatic carbocycles. The summed E-state index contributed by atoms with van der Waals surface area (Å²) in [6.07, 6.45) is 56.3. The second-order valence-corrected chi connectivity index (χ2v) is 21.6. The molecule has 0 aliphatic carbocycles. The Kier molecular flexibility index (Phi) is 49.1. The molecule has 0 spiro atoms. The van der Waals surface area contributed by atoms with Crippen LogP contribution in [0.3, 0.4) is 0 Å². The molecule has 0 rings (SSSR count). The number of hydrogen-bond donors (Lipinski definition) is 5. The van der Waals surface area contributed by atoms with Crippen LogP contribution in [0.2, 0.25) is 0 Å². The summed E-state index contributed by atoms with van der Waals surface area (Å²) in [5.74, 6) is -0.752. The van der Waals surface area contributed by atoms with Gasteiger partial charge in [-0.3, -0.25) is 4.79 Å². The fourth-order valence-corrected chi connectivity index (χ4v) is 10.4. The van der Waals surface area contributed by atoms with Gasteiger partial charge in [0.2, 0.25) is 0 Å². The highest BCUT2D eigenvalue weighted by Gasteiger charge is 2.53. The lowest BCUT2D eigenvalue weighted by molar-refractivity contribution is -0.185. The van der Waals surface area contributed by atoms with Crippen molar-refractivity contribution in [2.45, 2.75) is 372 Å². The number of ketones is 1. The van der Waals surface area contributed by atoms with Crippen LogP contribution < -0.4 is 0 Å². The van der Waals surface area contributed by atoms with Gasteiger partial charge in [0.25, 0.3) is 0 Å². The van der Waals surface area contributed by atoms with E-state index in [9.17, 15) is 30.3 Å².